The number of benzene rings is 2. The van der Waals surface area contributed by atoms with Crippen LogP contribution in [0, 0.1) is 0 Å². The van der Waals surface area contributed by atoms with Crippen molar-refractivity contribution in [3.05, 3.63) is 48.7 Å². The smallest absolute Gasteiger partial charge is 0.299 e. The molecule has 0 spiro atoms. The Morgan fingerprint density at radius 3 is 2.70 bits per heavy atom. The van der Waals surface area contributed by atoms with Gasteiger partial charge in [0.1, 0.15) is 11.5 Å². The van der Waals surface area contributed by atoms with Gasteiger partial charge in [-0.1, -0.05) is 32.4 Å². The standard InChI is InChI=1S/C22H26N2O5S/c1-4-6-12-28-17-9-7-8-16(13-17)21-15-23-22(29-21)24-19-14-18(30(25,26)5-2)10-11-20(19)27-3/h7-11,13-15H,4-6,12H2,1-3H3,(H,23,24). The molecule has 3 aromatic rings. The summed E-state index contributed by atoms with van der Waals surface area (Å²) in [5.74, 6) is 1.83. The summed E-state index contributed by atoms with van der Waals surface area (Å²) in [7, 11) is -1.84. The van der Waals surface area contributed by atoms with Crippen LogP contribution in [0.5, 0.6) is 11.5 Å². The van der Waals surface area contributed by atoms with Crippen LogP contribution in [-0.2, 0) is 9.84 Å². The molecule has 8 heteroatoms. The second-order valence-electron chi connectivity index (χ2n) is 6.65. The van der Waals surface area contributed by atoms with Gasteiger partial charge in [0.15, 0.2) is 15.6 Å². The van der Waals surface area contributed by atoms with Gasteiger partial charge in [-0.25, -0.2) is 13.4 Å². The Balaban J connectivity index is 1.82. The number of unbranched alkanes of at least 4 members (excludes halogenated alkanes) is 1. The third-order valence-corrected chi connectivity index (χ3v) is 6.27. The van der Waals surface area contributed by atoms with Crippen LogP contribution in [0.1, 0.15) is 26.7 Å². The Labute approximate surface area is 177 Å². The zero-order valence-electron chi connectivity index (χ0n) is 17.3. The number of anilines is 2. The van der Waals surface area contributed by atoms with E-state index in [0.717, 1.165) is 24.2 Å². The summed E-state index contributed by atoms with van der Waals surface area (Å²) in [5, 5.41) is 3.01. The number of nitrogens with zero attached hydrogens (tertiary/aromatic N) is 1. The van der Waals surface area contributed by atoms with Crippen molar-refractivity contribution in [3.8, 4) is 22.8 Å². The Morgan fingerprint density at radius 1 is 1.13 bits per heavy atom. The maximum Gasteiger partial charge on any atom is 0.299 e. The zero-order chi connectivity index (χ0) is 21.6. The van der Waals surface area contributed by atoms with Crippen LogP contribution < -0.4 is 14.8 Å². The molecule has 0 fully saturated rings. The fraction of sp³-hybridized carbons (Fsp3) is 0.318. The van der Waals surface area contributed by atoms with Crippen molar-refractivity contribution in [2.45, 2.75) is 31.6 Å². The van der Waals surface area contributed by atoms with E-state index in [2.05, 4.69) is 17.2 Å². The van der Waals surface area contributed by atoms with Crippen LogP contribution in [-0.4, -0.2) is 32.9 Å². The molecule has 1 heterocycles. The van der Waals surface area contributed by atoms with Crippen molar-refractivity contribution in [3.63, 3.8) is 0 Å². The van der Waals surface area contributed by atoms with Crippen molar-refractivity contribution in [2.24, 2.45) is 0 Å². The molecule has 0 amide bonds. The maximum absolute atomic E-state index is 12.2. The van der Waals surface area contributed by atoms with E-state index >= 15 is 0 Å². The number of rotatable bonds is 10. The average Bonchev–Trinajstić information content (AvgIpc) is 3.22. The predicted octanol–water partition coefficient (Wildman–Crippen LogP) is 5.07. The Bertz CT molecular complexity index is 1090. The number of aromatic nitrogens is 1. The van der Waals surface area contributed by atoms with Gasteiger partial charge in [-0.2, -0.15) is 0 Å². The van der Waals surface area contributed by atoms with Gasteiger partial charge in [0.05, 0.1) is 36.2 Å². The lowest BCUT2D eigenvalue weighted by atomic mass is 10.2. The fourth-order valence-corrected chi connectivity index (χ4v) is 3.71. The average molecular weight is 431 g/mol. The molecule has 0 radical (unpaired) electrons. The Kier molecular flexibility index (Phi) is 6.99. The summed E-state index contributed by atoms with van der Waals surface area (Å²) in [4.78, 5) is 4.46. The first-order valence-corrected chi connectivity index (χ1v) is 11.5. The number of ether oxygens (including phenoxy) is 2. The number of methoxy groups -OCH3 is 1. The van der Waals surface area contributed by atoms with Crippen molar-refractivity contribution in [1.82, 2.24) is 4.98 Å². The largest absolute Gasteiger partial charge is 0.495 e. The van der Waals surface area contributed by atoms with Crippen molar-refractivity contribution < 1.29 is 22.3 Å². The number of hydrogen-bond donors (Lipinski definition) is 1. The maximum atomic E-state index is 12.2. The summed E-state index contributed by atoms with van der Waals surface area (Å²) in [6.45, 7) is 4.39. The molecule has 0 unspecified atom stereocenters. The van der Waals surface area contributed by atoms with E-state index < -0.39 is 9.84 Å². The molecule has 2 aromatic carbocycles. The zero-order valence-corrected chi connectivity index (χ0v) is 18.2. The van der Waals surface area contributed by atoms with Gasteiger partial charge >= 0.3 is 0 Å². The molecule has 0 aliphatic rings. The van der Waals surface area contributed by atoms with Gasteiger partial charge in [0, 0.05) is 5.56 Å². The third-order valence-electron chi connectivity index (χ3n) is 4.54. The summed E-state index contributed by atoms with van der Waals surface area (Å²) in [6.07, 6.45) is 3.67. The Morgan fingerprint density at radius 2 is 1.97 bits per heavy atom. The fourth-order valence-electron chi connectivity index (χ4n) is 2.80. The van der Waals surface area contributed by atoms with Gasteiger partial charge in [-0.05, 0) is 36.8 Å². The van der Waals surface area contributed by atoms with Crippen LogP contribution in [0.4, 0.5) is 11.7 Å². The minimum atomic E-state index is -3.35. The van der Waals surface area contributed by atoms with E-state index in [-0.39, 0.29) is 16.7 Å². The number of hydrogen-bond acceptors (Lipinski definition) is 7. The van der Waals surface area contributed by atoms with Gasteiger partial charge in [-0.15, -0.1) is 0 Å². The van der Waals surface area contributed by atoms with Gasteiger partial charge in [0.2, 0.25) is 0 Å². The summed E-state index contributed by atoms with van der Waals surface area (Å²) in [5.41, 5.74) is 1.29. The molecule has 0 saturated heterocycles. The van der Waals surface area contributed by atoms with Gasteiger partial charge < -0.3 is 19.2 Å². The second-order valence-corrected chi connectivity index (χ2v) is 8.93. The molecule has 30 heavy (non-hydrogen) atoms. The Hall–Kier alpha value is -3.00. The normalized spacial score (nSPS) is 11.3. The molecule has 7 nitrogen and oxygen atoms in total. The first-order valence-electron chi connectivity index (χ1n) is 9.83. The number of sulfone groups is 1. The SMILES string of the molecule is CCCCOc1cccc(-c2cnc(Nc3cc(S(=O)(=O)CC)ccc3OC)o2)c1. The van der Waals surface area contributed by atoms with Gasteiger partial charge in [-0.3, -0.25) is 0 Å². The molecule has 1 N–H and O–H groups in total. The molecular formula is C22H26N2O5S. The molecule has 0 atom stereocenters. The monoisotopic (exact) mass is 430 g/mol. The number of nitrogens with one attached hydrogen (secondary N) is 1. The van der Waals surface area contributed by atoms with E-state index in [4.69, 9.17) is 13.9 Å². The molecule has 1 aromatic heterocycles. The highest BCUT2D eigenvalue weighted by atomic mass is 32.2. The molecule has 0 aliphatic carbocycles. The topological polar surface area (TPSA) is 90.7 Å². The lowest BCUT2D eigenvalue weighted by Crippen LogP contribution is -2.05. The van der Waals surface area contributed by atoms with E-state index in [0.29, 0.717) is 23.8 Å². The van der Waals surface area contributed by atoms with E-state index in [1.807, 2.05) is 24.3 Å². The molecule has 0 aliphatic heterocycles. The summed E-state index contributed by atoms with van der Waals surface area (Å²) >= 11 is 0. The highest BCUT2D eigenvalue weighted by Gasteiger charge is 2.16. The van der Waals surface area contributed by atoms with E-state index in [1.165, 1.54) is 19.2 Å². The summed E-state index contributed by atoms with van der Waals surface area (Å²) in [6, 6.07) is 12.5. The van der Waals surface area contributed by atoms with Crippen LogP contribution in [0.15, 0.2) is 58.0 Å². The first-order chi connectivity index (χ1) is 14.5. The van der Waals surface area contributed by atoms with Crippen molar-refractivity contribution in [1.29, 1.82) is 0 Å². The second kappa shape index (κ2) is 9.67. The van der Waals surface area contributed by atoms with Crippen LogP contribution in [0.25, 0.3) is 11.3 Å². The highest BCUT2D eigenvalue weighted by Crippen LogP contribution is 2.32. The summed E-state index contributed by atoms with van der Waals surface area (Å²) < 4.78 is 41.3. The highest BCUT2D eigenvalue weighted by molar-refractivity contribution is 7.91. The van der Waals surface area contributed by atoms with Crippen LogP contribution in [0.2, 0.25) is 0 Å². The number of oxazole rings is 1. The molecular weight excluding hydrogens is 404 g/mol. The van der Waals surface area contributed by atoms with Crippen LogP contribution in [0.3, 0.4) is 0 Å². The van der Waals surface area contributed by atoms with Crippen LogP contribution >= 0.6 is 0 Å². The molecule has 0 saturated carbocycles. The molecule has 160 valence electrons. The molecule has 3 rings (SSSR count). The lowest BCUT2D eigenvalue weighted by Gasteiger charge is -2.11. The predicted molar refractivity (Wildman–Crippen MR) is 116 cm³/mol. The molecule has 0 bridgehead atoms. The minimum Gasteiger partial charge on any atom is -0.495 e. The van der Waals surface area contributed by atoms with E-state index in [9.17, 15) is 8.42 Å². The van der Waals surface area contributed by atoms with Crippen molar-refractivity contribution in [2.75, 3.05) is 24.8 Å². The minimum absolute atomic E-state index is 0.0125. The third kappa shape index (κ3) is 5.13. The quantitative estimate of drug-likeness (QED) is 0.449. The van der Waals surface area contributed by atoms with Crippen molar-refractivity contribution >= 4 is 21.5 Å². The van der Waals surface area contributed by atoms with E-state index in [1.54, 1.807) is 19.2 Å². The van der Waals surface area contributed by atoms with Gasteiger partial charge in [0.25, 0.3) is 6.01 Å². The lowest BCUT2D eigenvalue weighted by molar-refractivity contribution is 0.309. The first kappa shape index (κ1) is 21.7.